The first-order valence-corrected chi connectivity index (χ1v) is 6.20. The summed E-state index contributed by atoms with van der Waals surface area (Å²) in [7, 11) is 0. The van der Waals surface area contributed by atoms with Gasteiger partial charge in [0.2, 0.25) is 0 Å². The number of aryl methyl sites for hydroxylation is 2. The number of rotatable bonds is 2. The molecule has 6 heteroatoms. The number of hydrogen-bond donors (Lipinski definition) is 1. The predicted octanol–water partition coefficient (Wildman–Crippen LogP) is 0.693. The van der Waals surface area contributed by atoms with Gasteiger partial charge in [-0.25, -0.2) is 4.98 Å². The van der Waals surface area contributed by atoms with E-state index < -0.39 is 0 Å². The quantitative estimate of drug-likeness (QED) is 0.856. The van der Waals surface area contributed by atoms with Crippen LogP contribution in [0.4, 0.5) is 0 Å². The molecule has 2 aromatic heterocycles. The third-order valence-electron chi connectivity index (χ3n) is 3.19. The Morgan fingerprint density at radius 3 is 2.84 bits per heavy atom. The third-order valence-corrected chi connectivity index (χ3v) is 3.19. The molecular weight excluding hydrogens is 242 g/mol. The SMILES string of the molecule is Cc1cnc(CN2Cc3nc(C)[nH]c(=O)c3C2)cn1. The predicted molar refractivity (Wildman–Crippen MR) is 69.3 cm³/mol. The van der Waals surface area contributed by atoms with Crippen LogP contribution in [0.2, 0.25) is 0 Å². The van der Waals surface area contributed by atoms with Crippen molar-refractivity contribution >= 4 is 0 Å². The highest BCUT2D eigenvalue weighted by Crippen LogP contribution is 2.19. The zero-order valence-electron chi connectivity index (χ0n) is 11.0. The lowest BCUT2D eigenvalue weighted by atomic mass is 10.3. The van der Waals surface area contributed by atoms with E-state index in [1.54, 1.807) is 19.3 Å². The Bertz CT molecular complexity index is 662. The molecule has 19 heavy (non-hydrogen) atoms. The summed E-state index contributed by atoms with van der Waals surface area (Å²) in [5.74, 6) is 0.667. The van der Waals surface area contributed by atoms with E-state index in [1.165, 1.54) is 0 Å². The largest absolute Gasteiger partial charge is 0.310 e. The van der Waals surface area contributed by atoms with Gasteiger partial charge < -0.3 is 4.98 Å². The molecule has 0 spiro atoms. The van der Waals surface area contributed by atoms with Crippen molar-refractivity contribution in [1.29, 1.82) is 0 Å². The third kappa shape index (κ3) is 2.39. The van der Waals surface area contributed by atoms with Crippen LogP contribution in [0.1, 0.15) is 28.5 Å². The molecule has 3 rings (SSSR count). The molecule has 0 amide bonds. The normalized spacial score (nSPS) is 14.6. The maximum atomic E-state index is 11.8. The minimum absolute atomic E-state index is 0.0278. The van der Waals surface area contributed by atoms with Crippen molar-refractivity contribution in [3.05, 3.63) is 51.2 Å². The minimum Gasteiger partial charge on any atom is -0.310 e. The molecule has 2 aromatic rings. The molecule has 0 unspecified atom stereocenters. The highest BCUT2D eigenvalue weighted by Gasteiger charge is 2.23. The first-order valence-electron chi connectivity index (χ1n) is 6.20. The topological polar surface area (TPSA) is 74.8 Å². The maximum Gasteiger partial charge on any atom is 0.255 e. The average molecular weight is 257 g/mol. The molecule has 1 aliphatic rings. The van der Waals surface area contributed by atoms with Gasteiger partial charge in [-0.2, -0.15) is 0 Å². The van der Waals surface area contributed by atoms with Gasteiger partial charge in [-0.3, -0.25) is 19.7 Å². The van der Waals surface area contributed by atoms with Gasteiger partial charge in [0.15, 0.2) is 0 Å². The van der Waals surface area contributed by atoms with Crippen LogP contribution >= 0.6 is 0 Å². The number of H-pyrrole nitrogens is 1. The highest BCUT2D eigenvalue weighted by molar-refractivity contribution is 5.22. The van der Waals surface area contributed by atoms with E-state index in [2.05, 4.69) is 24.8 Å². The smallest absolute Gasteiger partial charge is 0.255 e. The summed E-state index contributed by atoms with van der Waals surface area (Å²) in [5, 5.41) is 0. The van der Waals surface area contributed by atoms with Crippen LogP contribution in [0.15, 0.2) is 17.2 Å². The summed E-state index contributed by atoms with van der Waals surface area (Å²) >= 11 is 0. The van der Waals surface area contributed by atoms with Crippen LogP contribution in [0.3, 0.4) is 0 Å². The second-order valence-electron chi connectivity index (χ2n) is 4.87. The summed E-state index contributed by atoms with van der Waals surface area (Å²) in [4.78, 5) is 29.7. The molecule has 0 aromatic carbocycles. The Kier molecular flexibility index (Phi) is 2.87. The van der Waals surface area contributed by atoms with Crippen molar-refractivity contribution in [3.8, 4) is 0 Å². The molecule has 0 atom stereocenters. The zero-order valence-corrected chi connectivity index (χ0v) is 11.0. The van der Waals surface area contributed by atoms with Crippen molar-refractivity contribution in [2.75, 3.05) is 0 Å². The summed E-state index contributed by atoms with van der Waals surface area (Å²) in [6.45, 7) is 5.70. The van der Waals surface area contributed by atoms with Crippen molar-refractivity contribution in [1.82, 2.24) is 24.8 Å². The summed E-state index contributed by atoms with van der Waals surface area (Å²) in [6, 6.07) is 0. The minimum atomic E-state index is -0.0278. The number of hydrogen-bond acceptors (Lipinski definition) is 5. The molecule has 6 nitrogen and oxygen atoms in total. The number of nitrogens with one attached hydrogen (secondary N) is 1. The van der Waals surface area contributed by atoms with Gasteiger partial charge in [-0.05, 0) is 13.8 Å². The van der Waals surface area contributed by atoms with Crippen LogP contribution in [0, 0.1) is 13.8 Å². The fourth-order valence-corrected chi connectivity index (χ4v) is 2.30. The lowest BCUT2D eigenvalue weighted by Crippen LogP contribution is -2.19. The van der Waals surface area contributed by atoms with Crippen LogP contribution in [-0.4, -0.2) is 24.8 Å². The molecular formula is C13H15N5O. The van der Waals surface area contributed by atoms with Gasteiger partial charge in [0, 0.05) is 32.0 Å². The van der Waals surface area contributed by atoms with E-state index >= 15 is 0 Å². The number of aromatic amines is 1. The van der Waals surface area contributed by atoms with Crippen LogP contribution in [0.5, 0.6) is 0 Å². The van der Waals surface area contributed by atoms with E-state index in [9.17, 15) is 4.79 Å². The molecule has 0 fully saturated rings. The van der Waals surface area contributed by atoms with Crippen LogP contribution < -0.4 is 5.56 Å². The van der Waals surface area contributed by atoms with Gasteiger partial charge in [0.25, 0.3) is 5.56 Å². The highest BCUT2D eigenvalue weighted by atomic mass is 16.1. The van der Waals surface area contributed by atoms with Crippen molar-refractivity contribution < 1.29 is 0 Å². The molecule has 1 N–H and O–H groups in total. The molecule has 0 saturated heterocycles. The molecule has 0 aliphatic carbocycles. The van der Waals surface area contributed by atoms with Crippen molar-refractivity contribution in [2.24, 2.45) is 0 Å². The second-order valence-corrected chi connectivity index (χ2v) is 4.87. The van der Waals surface area contributed by atoms with Crippen LogP contribution in [0.25, 0.3) is 0 Å². The maximum absolute atomic E-state index is 11.8. The van der Waals surface area contributed by atoms with E-state index in [4.69, 9.17) is 0 Å². The number of fused-ring (bicyclic) bond motifs is 1. The monoisotopic (exact) mass is 257 g/mol. The average Bonchev–Trinajstić information content (AvgIpc) is 2.75. The Labute approximate surface area is 110 Å². The van der Waals surface area contributed by atoms with E-state index in [1.807, 2.05) is 6.92 Å². The summed E-state index contributed by atoms with van der Waals surface area (Å²) < 4.78 is 0. The number of aromatic nitrogens is 4. The van der Waals surface area contributed by atoms with Crippen molar-refractivity contribution in [2.45, 2.75) is 33.5 Å². The van der Waals surface area contributed by atoms with Crippen LogP contribution in [-0.2, 0) is 19.6 Å². The van der Waals surface area contributed by atoms with Gasteiger partial charge in [0.05, 0.1) is 22.6 Å². The molecule has 0 bridgehead atoms. The first kappa shape index (κ1) is 12.0. The molecule has 0 radical (unpaired) electrons. The fourth-order valence-electron chi connectivity index (χ4n) is 2.30. The van der Waals surface area contributed by atoms with E-state index in [-0.39, 0.29) is 5.56 Å². The Hall–Kier alpha value is -2.08. The Morgan fingerprint density at radius 1 is 1.26 bits per heavy atom. The van der Waals surface area contributed by atoms with Gasteiger partial charge >= 0.3 is 0 Å². The standard InChI is InChI=1S/C13H15N5O/c1-8-3-15-10(4-14-8)5-18-6-11-12(7-18)16-9(2)17-13(11)19/h3-4H,5-7H2,1-2H3,(H,16,17,19). The molecule has 0 saturated carbocycles. The lowest BCUT2D eigenvalue weighted by Gasteiger charge is -2.13. The summed E-state index contributed by atoms with van der Waals surface area (Å²) in [6.07, 6.45) is 3.54. The first-order chi connectivity index (χ1) is 9.11. The van der Waals surface area contributed by atoms with Gasteiger partial charge in [-0.1, -0.05) is 0 Å². The lowest BCUT2D eigenvalue weighted by molar-refractivity contribution is 0.270. The molecule has 3 heterocycles. The second kappa shape index (κ2) is 4.55. The zero-order chi connectivity index (χ0) is 13.4. The van der Waals surface area contributed by atoms with Crippen molar-refractivity contribution in [3.63, 3.8) is 0 Å². The van der Waals surface area contributed by atoms with E-state index in [0.29, 0.717) is 25.5 Å². The molecule has 1 aliphatic heterocycles. The molecule has 98 valence electrons. The van der Waals surface area contributed by atoms with Gasteiger partial charge in [0.1, 0.15) is 5.82 Å². The summed E-state index contributed by atoms with van der Waals surface area (Å²) in [5.41, 5.74) is 3.43. The Morgan fingerprint density at radius 2 is 2.11 bits per heavy atom. The fraction of sp³-hybridized carbons (Fsp3) is 0.385. The van der Waals surface area contributed by atoms with E-state index in [0.717, 1.165) is 22.6 Å². The Balaban J connectivity index is 1.79. The van der Waals surface area contributed by atoms with Gasteiger partial charge in [-0.15, -0.1) is 0 Å². The number of nitrogens with zero attached hydrogens (tertiary/aromatic N) is 4.